The van der Waals surface area contributed by atoms with Gasteiger partial charge in [0.05, 0.1) is 0 Å². The molecule has 2 atom stereocenters. The molecule has 2 unspecified atom stereocenters. The molecule has 1 fully saturated rings. The van der Waals surface area contributed by atoms with Crippen LogP contribution < -0.4 is 10.6 Å². The van der Waals surface area contributed by atoms with E-state index in [9.17, 15) is 0 Å². The first kappa shape index (κ1) is 20.2. The Balaban J connectivity index is 1.74. The molecule has 25 heavy (non-hydrogen) atoms. The van der Waals surface area contributed by atoms with Crippen molar-refractivity contribution in [1.29, 1.82) is 0 Å². The summed E-state index contributed by atoms with van der Waals surface area (Å²) >= 11 is 3.56. The molecule has 0 bridgehead atoms. The van der Waals surface area contributed by atoms with Crippen molar-refractivity contribution in [1.82, 2.24) is 15.5 Å². The molecule has 1 aliphatic heterocycles. The number of hydrogen-bond donors (Lipinski definition) is 2. The van der Waals surface area contributed by atoms with Gasteiger partial charge in [0.25, 0.3) is 0 Å². The smallest absolute Gasteiger partial charge is 0.190 e. The average molecular weight is 409 g/mol. The third-order valence-electron chi connectivity index (χ3n) is 5.15. The summed E-state index contributed by atoms with van der Waals surface area (Å²) in [6, 6.07) is 8.62. The number of nitrogens with one attached hydrogen (secondary N) is 2. The van der Waals surface area contributed by atoms with E-state index in [4.69, 9.17) is 0 Å². The second kappa shape index (κ2) is 10.8. The molecule has 0 spiro atoms. The standard InChI is InChI=1S/C20H33BrN4/c1-4-16(11-17-7-6-8-19(21)12-17)13-23-20(22-3)24-14-18-9-10-25(5-2)15-18/h6-8,12,16,18H,4-5,9-11,13-15H2,1-3H3,(H2,22,23,24). The molecule has 4 nitrogen and oxygen atoms in total. The van der Waals surface area contributed by atoms with E-state index in [0.717, 1.165) is 48.8 Å². The Bertz CT molecular complexity index is 546. The lowest BCUT2D eigenvalue weighted by atomic mass is 9.97. The fourth-order valence-electron chi connectivity index (χ4n) is 3.43. The molecule has 1 aromatic rings. The topological polar surface area (TPSA) is 39.7 Å². The second-order valence-electron chi connectivity index (χ2n) is 6.99. The summed E-state index contributed by atoms with van der Waals surface area (Å²) in [6.45, 7) is 10.1. The number of likely N-dealkylation sites (tertiary alicyclic amines) is 1. The van der Waals surface area contributed by atoms with E-state index in [1.54, 1.807) is 0 Å². The molecule has 0 aromatic heterocycles. The molecule has 0 radical (unpaired) electrons. The lowest BCUT2D eigenvalue weighted by Gasteiger charge is -2.20. The maximum Gasteiger partial charge on any atom is 0.190 e. The van der Waals surface area contributed by atoms with Gasteiger partial charge >= 0.3 is 0 Å². The van der Waals surface area contributed by atoms with Gasteiger partial charge in [-0.2, -0.15) is 0 Å². The van der Waals surface area contributed by atoms with Gasteiger partial charge in [0, 0.05) is 31.2 Å². The summed E-state index contributed by atoms with van der Waals surface area (Å²) in [4.78, 5) is 6.91. The highest BCUT2D eigenvalue weighted by atomic mass is 79.9. The molecule has 0 amide bonds. The molecule has 0 aliphatic carbocycles. The average Bonchev–Trinajstić information content (AvgIpc) is 3.09. The van der Waals surface area contributed by atoms with E-state index >= 15 is 0 Å². The fourth-order valence-corrected chi connectivity index (χ4v) is 3.87. The Morgan fingerprint density at radius 3 is 2.84 bits per heavy atom. The SMILES string of the molecule is CCC(CNC(=NC)NCC1CCN(CC)C1)Cc1cccc(Br)c1. The van der Waals surface area contributed by atoms with Gasteiger partial charge in [-0.25, -0.2) is 0 Å². The van der Waals surface area contributed by atoms with Gasteiger partial charge in [-0.1, -0.05) is 48.3 Å². The van der Waals surface area contributed by atoms with Gasteiger partial charge in [-0.05, 0) is 55.5 Å². The normalized spacial score (nSPS) is 19.8. The number of nitrogens with zero attached hydrogens (tertiary/aromatic N) is 2. The zero-order valence-electron chi connectivity index (χ0n) is 15.9. The van der Waals surface area contributed by atoms with Crippen LogP contribution in [0, 0.1) is 11.8 Å². The summed E-state index contributed by atoms with van der Waals surface area (Å²) in [5, 5.41) is 7.03. The van der Waals surface area contributed by atoms with Crippen LogP contribution in [0.5, 0.6) is 0 Å². The van der Waals surface area contributed by atoms with Gasteiger partial charge in [-0.3, -0.25) is 4.99 Å². The maximum atomic E-state index is 4.39. The monoisotopic (exact) mass is 408 g/mol. The van der Waals surface area contributed by atoms with Crippen molar-refractivity contribution in [2.24, 2.45) is 16.8 Å². The molecular weight excluding hydrogens is 376 g/mol. The zero-order valence-corrected chi connectivity index (χ0v) is 17.5. The van der Waals surface area contributed by atoms with Crippen molar-refractivity contribution in [2.45, 2.75) is 33.1 Å². The van der Waals surface area contributed by atoms with Crippen LogP contribution in [0.2, 0.25) is 0 Å². The summed E-state index contributed by atoms with van der Waals surface area (Å²) < 4.78 is 1.16. The van der Waals surface area contributed by atoms with Crippen LogP contribution in [-0.4, -0.2) is 50.6 Å². The van der Waals surface area contributed by atoms with Crippen LogP contribution >= 0.6 is 15.9 Å². The molecule has 2 rings (SSSR count). The predicted molar refractivity (Wildman–Crippen MR) is 111 cm³/mol. The molecule has 5 heteroatoms. The lowest BCUT2D eigenvalue weighted by molar-refractivity contribution is 0.341. The van der Waals surface area contributed by atoms with Crippen molar-refractivity contribution in [3.63, 3.8) is 0 Å². The van der Waals surface area contributed by atoms with E-state index in [-0.39, 0.29) is 0 Å². The van der Waals surface area contributed by atoms with Crippen molar-refractivity contribution in [2.75, 3.05) is 39.8 Å². The van der Waals surface area contributed by atoms with Gasteiger partial charge in [0.1, 0.15) is 0 Å². The Hall–Kier alpha value is -1.07. The number of hydrogen-bond acceptors (Lipinski definition) is 2. The van der Waals surface area contributed by atoms with Crippen LogP contribution in [0.1, 0.15) is 32.3 Å². The summed E-state index contributed by atoms with van der Waals surface area (Å²) in [5.74, 6) is 2.28. The van der Waals surface area contributed by atoms with Crippen molar-refractivity contribution in [3.8, 4) is 0 Å². The van der Waals surface area contributed by atoms with Gasteiger partial charge in [-0.15, -0.1) is 0 Å². The number of rotatable bonds is 8. The Morgan fingerprint density at radius 1 is 1.36 bits per heavy atom. The number of aliphatic imine (C=N–C) groups is 1. The van der Waals surface area contributed by atoms with Crippen LogP contribution in [0.25, 0.3) is 0 Å². The van der Waals surface area contributed by atoms with Crippen molar-refractivity contribution in [3.05, 3.63) is 34.3 Å². The number of benzene rings is 1. The van der Waals surface area contributed by atoms with Gasteiger partial charge < -0.3 is 15.5 Å². The highest BCUT2D eigenvalue weighted by molar-refractivity contribution is 9.10. The minimum Gasteiger partial charge on any atom is -0.356 e. The Morgan fingerprint density at radius 2 is 2.20 bits per heavy atom. The Kier molecular flexibility index (Phi) is 8.76. The van der Waals surface area contributed by atoms with Gasteiger partial charge in [0.2, 0.25) is 0 Å². The molecule has 0 saturated carbocycles. The molecule has 1 aromatic carbocycles. The van der Waals surface area contributed by atoms with E-state index in [1.807, 2.05) is 7.05 Å². The first-order valence-corrected chi connectivity index (χ1v) is 10.3. The minimum atomic E-state index is 0.606. The lowest BCUT2D eigenvalue weighted by Crippen LogP contribution is -2.42. The third kappa shape index (κ3) is 6.98. The van der Waals surface area contributed by atoms with Crippen molar-refractivity contribution < 1.29 is 0 Å². The molecule has 2 N–H and O–H groups in total. The maximum absolute atomic E-state index is 4.39. The van der Waals surface area contributed by atoms with E-state index in [1.165, 1.54) is 25.1 Å². The van der Waals surface area contributed by atoms with Gasteiger partial charge in [0.15, 0.2) is 5.96 Å². The summed E-state index contributed by atoms with van der Waals surface area (Å²) in [6.07, 6.45) is 3.54. The van der Waals surface area contributed by atoms with Crippen LogP contribution in [0.15, 0.2) is 33.7 Å². The first-order chi connectivity index (χ1) is 12.1. The number of halogens is 1. The highest BCUT2D eigenvalue weighted by Gasteiger charge is 2.21. The van der Waals surface area contributed by atoms with Crippen LogP contribution in [-0.2, 0) is 6.42 Å². The number of guanidine groups is 1. The molecule has 1 heterocycles. The highest BCUT2D eigenvalue weighted by Crippen LogP contribution is 2.17. The molecule has 1 aliphatic rings. The minimum absolute atomic E-state index is 0.606. The zero-order chi connectivity index (χ0) is 18.1. The second-order valence-corrected chi connectivity index (χ2v) is 7.91. The summed E-state index contributed by atoms with van der Waals surface area (Å²) in [5.41, 5.74) is 1.39. The Labute approximate surface area is 161 Å². The predicted octanol–water partition coefficient (Wildman–Crippen LogP) is 3.52. The molecule has 1 saturated heterocycles. The molecule has 140 valence electrons. The van der Waals surface area contributed by atoms with E-state index in [0.29, 0.717) is 5.92 Å². The first-order valence-electron chi connectivity index (χ1n) is 9.55. The van der Waals surface area contributed by atoms with E-state index in [2.05, 4.69) is 74.6 Å². The van der Waals surface area contributed by atoms with Crippen molar-refractivity contribution >= 4 is 21.9 Å². The largest absolute Gasteiger partial charge is 0.356 e. The van der Waals surface area contributed by atoms with E-state index < -0.39 is 0 Å². The third-order valence-corrected chi connectivity index (χ3v) is 5.64. The quantitative estimate of drug-likeness (QED) is 0.510. The molecular formula is C20H33BrN4. The summed E-state index contributed by atoms with van der Waals surface area (Å²) in [7, 11) is 1.86. The van der Waals surface area contributed by atoms with Crippen LogP contribution in [0.3, 0.4) is 0 Å². The fraction of sp³-hybridized carbons (Fsp3) is 0.650. The van der Waals surface area contributed by atoms with Crippen LogP contribution in [0.4, 0.5) is 0 Å².